The van der Waals surface area contributed by atoms with E-state index in [1.807, 2.05) is 0 Å². The van der Waals surface area contributed by atoms with Crippen LogP contribution < -0.4 is 5.32 Å². The third-order valence-electron chi connectivity index (χ3n) is 2.00. The van der Waals surface area contributed by atoms with Crippen molar-refractivity contribution in [2.75, 3.05) is 19.8 Å². The molecule has 0 aliphatic heterocycles. The van der Waals surface area contributed by atoms with E-state index in [4.69, 9.17) is 11.6 Å². The molecular formula is C10H12ClNO3S. The molecule has 0 spiro atoms. The molecule has 16 heavy (non-hydrogen) atoms. The summed E-state index contributed by atoms with van der Waals surface area (Å²) in [5.41, 5.74) is 0.221. The maximum atomic E-state index is 11.6. The molecule has 88 valence electrons. The number of likely N-dealkylation sites (N-methyl/N-ethyl adjacent to an activating group) is 1. The zero-order chi connectivity index (χ0) is 12.3. The summed E-state index contributed by atoms with van der Waals surface area (Å²) in [6, 6.07) is 4.10. The molecule has 1 rings (SSSR count). The standard InChI is InChI=1S/C10H12ClNO3S/c1-12-6-10(13)8-5-7(16(2,14)15)3-4-9(8)11/h3-5,12H,6H2,1-2H3. The van der Waals surface area contributed by atoms with Crippen LogP contribution in [0.1, 0.15) is 10.4 Å². The lowest BCUT2D eigenvalue weighted by molar-refractivity contribution is 0.0993. The van der Waals surface area contributed by atoms with Crippen molar-refractivity contribution in [3.05, 3.63) is 28.8 Å². The van der Waals surface area contributed by atoms with Crippen molar-refractivity contribution in [2.24, 2.45) is 0 Å². The van der Waals surface area contributed by atoms with Gasteiger partial charge in [-0.05, 0) is 25.2 Å². The number of benzene rings is 1. The maximum Gasteiger partial charge on any atom is 0.178 e. The fourth-order valence-electron chi connectivity index (χ4n) is 1.20. The van der Waals surface area contributed by atoms with Gasteiger partial charge in [-0.25, -0.2) is 8.42 Å². The van der Waals surface area contributed by atoms with Crippen LogP contribution in [0.25, 0.3) is 0 Å². The molecule has 4 nitrogen and oxygen atoms in total. The maximum absolute atomic E-state index is 11.6. The molecule has 0 saturated carbocycles. The van der Waals surface area contributed by atoms with Gasteiger partial charge in [-0.2, -0.15) is 0 Å². The molecule has 0 amide bonds. The lowest BCUT2D eigenvalue weighted by atomic mass is 10.1. The minimum absolute atomic E-state index is 0.0938. The van der Waals surface area contributed by atoms with Gasteiger partial charge < -0.3 is 5.32 Å². The highest BCUT2D eigenvalue weighted by Gasteiger charge is 2.14. The van der Waals surface area contributed by atoms with Gasteiger partial charge in [0.1, 0.15) is 0 Å². The Balaban J connectivity index is 3.24. The van der Waals surface area contributed by atoms with Crippen LogP contribution in [-0.2, 0) is 9.84 Å². The number of carbonyl (C=O) groups excluding carboxylic acids is 1. The summed E-state index contributed by atoms with van der Waals surface area (Å²) < 4.78 is 22.6. The predicted octanol–water partition coefficient (Wildman–Crippen LogP) is 1.15. The highest BCUT2D eigenvalue weighted by Crippen LogP contribution is 2.20. The Hall–Kier alpha value is -0.910. The molecule has 1 aromatic rings. The molecule has 0 heterocycles. The number of carbonyl (C=O) groups is 1. The van der Waals surface area contributed by atoms with Crippen molar-refractivity contribution in [1.82, 2.24) is 5.32 Å². The first-order chi connectivity index (χ1) is 7.36. The first-order valence-corrected chi connectivity index (χ1v) is 6.80. The van der Waals surface area contributed by atoms with Crippen LogP contribution in [-0.4, -0.2) is 34.0 Å². The van der Waals surface area contributed by atoms with Crippen molar-refractivity contribution in [2.45, 2.75) is 4.90 Å². The van der Waals surface area contributed by atoms with Gasteiger partial charge in [-0.1, -0.05) is 11.6 Å². The summed E-state index contributed by atoms with van der Waals surface area (Å²) in [6.45, 7) is 0.118. The van der Waals surface area contributed by atoms with E-state index in [1.165, 1.54) is 18.2 Å². The van der Waals surface area contributed by atoms with Crippen molar-refractivity contribution in [1.29, 1.82) is 0 Å². The van der Waals surface area contributed by atoms with Gasteiger partial charge in [-0.3, -0.25) is 4.79 Å². The molecule has 0 atom stereocenters. The van der Waals surface area contributed by atoms with Crippen molar-refractivity contribution >= 4 is 27.2 Å². The summed E-state index contributed by atoms with van der Waals surface area (Å²) in [4.78, 5) is 11.7. The number of rotatable bonds is 4. The molecule has 0 aliphatic carbocycles. The second-order valence-corrected chi connectivity index (χ2v) is 5.79. The number of nitrogens with one attached hydrogen (secondary N) is 1. The van der Waals surface area contributed by atoms with E-state index in [0.29, 0.717) is 0 Å². The number of sulfone groups is 1. The lowest BCUT2D eigenvalue weighted by Crippen LogP contribution is -2.19. The van der Waals surface area contributed by atoms with Gasteiger partial charge in [0, 0.05) is 11.8 Å². The van der Waals surface area contributed by atoms with Crippen LogP contribution in [0.5, 0.6) is 0 Å². The number of hydrogen-bond donors (Lipinski definition) is 1. The highest BCUT2D eigenvalue weighted by molar-refractivity contribution is 7.90. The van der Waals surface area contributed by atoms with Crippen molar-refractivity contribution in [3.8, 4) is 0 Å². The average molecular weight is 262 g/mol. The first kappa shape index (κ1) is 13.2. The number of ketones is 1. The summed E-state index contributed by atoms with van der Waals surface area (Å²) in [6.07, 6.45) is 1.09. The zero-order valence-electron chi connectivity index (χ0n) is 8.95. The second-order valence-electron chi connectivity index (χ2n) is 3.37. The minimum atomic E-state index is -3.32. The Morgan fingerprint density at radius 3 is 2.56 bits per heavy atom. The first-order valence-electron chi connectivity index (χ1n) is 4.53. The molecular weight excluding hydrogens is 250 g/mol. The van der Waals surface area contributed by atoms with Crippen molar-refractivity contribution < 1.29 is 13.2 Å². The van der Waals surface area contributed by atoms with E-state index < -0.39 is 9.84 Å². The fraction of sp³-hybridized carbons (Fsp3) is 0.300. The summed E-state index contributed by atoms with van der Waals surface area (Å²) >= 11 is 5.83. The Labute approximate surface area is 99.5 Å². The molecule has 0 radical (unpaired) electrons. The van der Waals surface area contributed by atoms with Crippen molar-refractivity contribution in [3.63, 3.8) is 0 Å². The summed E-state index contributed by atoms with van der Waals surface area (Å²) in [7, 11) is -1.69. The molecule has 0 aliphatic rings. The Bertz CT molecular complexity index is 511. The fourth-order valence-corrected chi connectivity index (χ4v) is 2.07. The smallest absolute Gasteiger partial charge is 0.178 e. The van der Waals surface area contributed by atoms with E-state index >= 15 is 0 Å². The molecule has 0 aromatic heterocycles. The molecule has 1 N–H and O–H groups in total. The zero-order valence-corrected chi connectivity index (χ0v) is 10.5. The van der Waals surface area contributed by atoms with Gasteiger partial charge in [0.05, 0.1) is 16.5 Å². The van der Waals surface area contributed by atoms with Crippen LogP contribution >= 0.6 is 11.6 Å². The SMILES string of the molecule is CNCC(=O)c1cc(S(C)(=O)=O)ccc1Cl. The van der Waals surface area contributed by atoms with Gasteiger partial charge >= 0.3 is 0 Å². The van der Waals surface area contributed by atoms with E-state index in [0.717, 1.165) is 6.26 Å². The van der Waals surface area contributed by atoms with Crippen LogP contribution in [0, 0.1) is 0 Å². The third kappa shape index (κ3) is 3.04. The summed E-state index contributed by atoms with van der Waals surface area (Å²) in [5, 5.41) is 2.95. The normalized spacial score (nSPS) is 11.4. The Morgan fingerprint density at radius 1 is 1.44 bits per heavy atom. The van der Waals surface area contributed by atoms with Crippen LogP contribution in [0.2, 0.25) is 5.02 Å². The average Bonchev–Trinajstić information content (AvgIpc) is 2.16. The molecule has 6 heteroatoms. The predicted molar refractivity (Wildman–Crippen MR) is 62.8 cm³/mol. The highest BCUT2D eigenvalue weighted by atomic mass is 35.5. The number of hydrogen-bond acceptors (Lipinski definition) is 4. The largest absolute Gasteiger partial charge is 0.313 e. The minimum Gasteiger partial charge on any atom is -0.313 e. The van der Waals surface area contributed by atoms with E-state index in [2.05, 4.69) is 5.32 Å². The third-order valence-corrected chi connectivity index (χ3v) is 3.44. The van der Waals surface area contributed by atoms with Gasteiger partial charge in [0.25, 0.3) is 0 Å². The van der Waals surface area contributed by atoms with Crippen LogP contribution in [0.15, 0.2) is 23.1 Å². The number of halogens is 1. The molecule has 0 saturated heterocycles. The van der Waals surface area contributed by atoms with Gasteiger partial charge in [-0.15, -0.1) is 0 Å². The lowest BCUT2D eigenvalue weighted by Gasteiger charge is -2.05. The van der Waals surface area contributed by atoms with E-state index in [-0.39, 0.29) is 27.8 Å². The topological polar surface area (TPSA) is 63.2 Å². The Morgan fingerprint density at radius 2 is 2.06 bits per heavy atom. The Kier molecular flexibility index (Phi) is 4.07. The van der Waals surface area contributed by atoms with Crippen LogP contribution in [0.4, 0.5) is 0 Å². The molecule has 1 aromatic carbocycles. The van der Waals surface area contributed by atoms with E-state index in [9.17, 15) is 13.2 Å². The monoisotopic (exact) mass is 261 g/mol. The quantitative estimate of drug-likeness (QED) is 0.826. The molecule has 0 unspecified atom stereocenters. The number of Topliss-reactive ketones (excluding diaryl/α,β-unsaturated/α-hetero) is 1. The van der Waals surface area contributed by atoms with E-state index in [1.54, 1.807) is 7.05 Å². The van der Waals surface area contributed by atoms with Gasteiger partial charge in [0.15, 0.2) is 15.6 Å². The second kappa shape index (κ2) is 4.95. The molecule has 0 fully saturated rings. The molecule has 0 bridgehead atoms. The van der Waals surface area contributed by atoms with Crippen LogP contribution in [0.3, 0.4) is 0 Å². The summed E-state index contributed by atoms with van der Waals surface area (Å²) in [5.74, 6) is -0.238. The van der Waals surface area contributed by atoms with Gasteiger partial charge in [0.2, 0.25) is 0 Å².